The number of hydrogen-bond donors (Lipinski definition) is 1. The lowest BCUT2D eigenvalue weighted by molar-refractivity contribution is 0.322. The molecule has 1 aromatic rings. The molecular formula is C14H23NO3Si. The number of benzene rings is 1. The fourth-order valence-corrected chi connectivity index (χ4v) is 2.36. The number of hydrogen-bond acceptors (Lipinski definition) is 4. The Morgan fingerprint density at radius 1 is 1.21 bits per heavy atom. The standard InChI is InChI=1S/C14H23NO3Si/c1-14(2,3)19(5,6)18-13-9-11(10-15-16)7-8-12(13)17-4/h7-10,16H,1-6H3. The van der Waals surface area contributed by atoms with Crippen LogP contribution in [0.3, 0.4) is 0 Å². The number of rotatable bonds is 4. The van der Waals surface area contributed by atoms with Crippen LogP contribution in [0.4, 0.5) is 0 Å². The van der Waals surface area contributed by atoms with Gasteiger partial charge < -0.3 is 14.4 Å². The molecule has 1 aromatic carbocycles. The average molecular weight is 281 g/mol. The Hall–Kier alpha value is -1.49. The second-order valence-corrected chi connectivity index (χ2v) is 10.7. The molecule has 19 heavy (non-hydrogen) atoms. The molecular weight excluding hydrogens is 258 g/mol. The number of ether oxygens (including phenoxy) is 1. The molecule has 0 spiro atoms. The normalized spacial score (nSPS) is 12.7. The fourth-order valence-electron chi connectivity index (χ4n) is 1.35. The monoisotopic (exact) mass is 281 g/mol. The molecule has 0 fully saturated rings. The molecule has 0 saturated carbocycles. The molecule has 0 saturated heterocycles. The summed E-state index contributed by atoms with van der Waals surface area (Å²) < 4.78 is 11.6. The van der Waals surface area contributed by atoms with Gasteiger partial charge in [-0.25, -0.2) is 0 Å². The maximum Gasteiger partial charge on any atom is 0.250 e. The molecule has 0 aromatic heterocycles. The van der Waals surface area contributed by atoms with Gasteiger partial charge in [0, 0.05) is 0 Å². The van der Waals surface area contributed by atoms with E-state index in [2.05, 4.69) is 39.0 Å². The van der Waals surface area contributed by atoms with E-state index in [-0.39, 0.29) is 5.04 Å². The minimum atomic E-state index is -1.93. The zero-order valence-corrected chi connectivity index (χ0v) is 13.5. The van der Waals surface area contributed by atoms with Crippen molar-refractivity contribution in [1.82, 2.24) is 0 Å². The van der Waals surface area contributed by atoms with Crippen molar-refractivity contribution in [2.45, 2.75) is 38.9 Å². The van der Waals surface area contributed by atoms with Crippen molar-refractivity contribution in [3.05, 3.63) is 23.8 Å². The van der Waals surface area contributed by atoms with E-state index in [1.807, 2.05) is 18.2 Å². The summed E-state index contributed by atoms with van der Waals surface area (Å²) in [6, 6.07) is 5.47. The molecule has 0 aliphatic carbocycles. The van der Waals surface area contributed by atoms with Crippen LogP contribution in [-0.4, -0.2) is 26.8 Å². The van der Waals surface area contributed by atoms with Gasteiger partial charge in [0.05, 0.1) is 13.3 Å². The third kappa shape index (κ3) is 3.73. The summed E-state index contributed by atoms with van der Waals surface area (Å²) in [6.45, 7) is 10.9. The molecule has 5 heteroatoms. The predicted molar refractivity (Wildman–Crippen MR) is 80.2 cm³/mol. The first-order valence-corrected chi connectivity index (χ1v) is 9.16. The lowest BCUT2D eigenvalue weighted by Gasteiger charge is -2.36. The molecule has 1 N–H and O–H groups in total. The molecule has 106 valence electrons. The van der Waals surface area contributed by atoms with E-state index in [9.17, 15) is 0 Å². The van der Waals surface area contributed by atoms with E-state index >= 15 is 0 Å². The van der Waals surface area contributed by atoms with E-state index in [0.29, 0.717) is 11.5 Å². The first-order chi connectivity index (χ1) is 8.71. The molecule has 0 unspecified atom stereocenters. The fraction of sp³-hybridized carbons (Fsp3) is 0.500. The molecule has 0 heterocycles. The first kappa shape index (κ1) is 15.6. The Morgan fingerprint density at radius 2 is 1.84 bits per heavy atom. The Bertz CT molecular complexity index is 464. The summed E-state index contributed by atoms with van der Waals surface area (Å²) in [5, 5.41) is 11.8. The lowest BCUT2D eigenvalue weighted by atomic mass is 10.2. The van der Waals surface area contributed by atoms with Crippen molar-refractivity contribution in [3.8, 4) is 11.5 Å². The third-order valence-electron chi connectivity index (χ3n) is 3.57. The van der Waals surface area contributed by atoms with Crippen LogP contribution in [0, 0.1) is 0 Å². The Balaban J connectivity index is 3.14. The van der Waals surface area contributed by atoms with Gasteiger partial charge in [-0.2, -0.15) is 0 Å². The average Bonchev–Trinajstić information content (AvgIpc) is 2.28. The Labute approximate surface area is 116 Å². The van der Waals surface area contributed by atoms with Crippen LogP contribution >= 0.6 is 0 Å². The van der Waals surface area contributed by atoms with E-state index in [0.717, 1.165) is 5.56 Å². The summed E-state index contributed by atoms with van der Waals surface area (Å²) >= 11 is 0. The van der Waals surface area contributed by atoms with Crippen molar-refractivity contribution in [3.63, 3.8) is 0 Å². The molecule has 0 aliphatic heterocycles. The lowest BCUT2D eigenvalue weighted by Crippen LogP contribution is -2.43. The van der Waals surface area contributed by atoms with Crippen molar-refractivity contribution < 1.29 is 14.4 Å². The van der Waals surface area contributed by atoms with Crippen LogP contribution in [0.2, 0.25) is 18.1 Å². The summed E-state index contributed by atoms with van der Waals surface area (Å²) in [5.74, 6) is 1.39. The number of oxime groups is 1. The van der Waals surface area contributed by atoms with Crippen LogP contribution in [0.1, 0.15) is 26.3 Å². The molecule has 1 rings (SSSR count). The van der Waals surface area contributed by atoms with Gasteiger partial charge in [-0.05, 0) is 41.9 Å². The Morgan fingerprint density at radius 3 is 2.32 bits per heavy atom. The van der Waals surface area contributed by atoms with E-state index in [4.69, 9.17) is 14.4 Å². The van der Waals surface area contributed by atoms with Crippen LogP contribution in [0.5, 0.6) is 11.5 Å². The van der Waals surface area contributed by atoms with Gasteiger partial charge in [0.1, 0.15) is 5.75 Å². The van der Waals surface area contributed by atoms with Gasteiger partial charge >= 0.3 is 0 Å². The molecule has 0 atom stereocenters. The van der Waals surface area contributed by atoms with Gasteiger partial charge in [0.2, 0.25) is 0 Å². The minimum absolute atomic E-state index is 0.110. The zero-order chi connectivity index (χ0) is 14.7. The highest BCUT2D eigenvalue weighted by Crippen LogP contribution is 2.40. The van der Waals surface area contributed by atoms with Crippen molar-refractivity contribution >= 4 is 14.5 Å². The van der Waals surface area contributed by atoms with Crippen LogP contribution in [0.25, 0.3) is 0 Å². The molecule has 0 amide bonds. The Kier molecular flexibility index (Phi) is 4.63. The van der Waals surface area contributed by atoms with Crippen molar-refractivity contribution in [2.24, 2.45) is 5.16 Å². The van der Waals surface area contributed by atoms with Crippen LogP contribution in [0.15, 0.2) is 23.4 Å². The zero-order valence-electron chi connectivity index (χ0n) is 12.5. The van der Waals surface area contributed by atoms with E-state index in [1.165, 1.54) is 6.21 Å². The summed E-state index contributed by atoms with van der Waals surface area (Å²) in [7, 11) is -0.308. The topological polar surface area (TPSA) is 51.0 Å². The summed E-state index contributed by atoms with van der Waals surface area (Å²) in [6.07, 6.45) is 1.37. The largest absolute Gasteiger partial charge is 0.541 e. The van der Waals surface area contributed by atoms with E-state index in [1.54, 1.807) is 7.11 Å². The number of nitrogens with zero attached hydrogens (tertiary/aromatic N) is 1. The highest BCUT2D eigenvalue weighted by molar-refractivity contribution is 6.74. The quantitative estimate of drug-likeness (QED) is 0.394. The number of methoxy groups -OCH3 is 1. The smallest absolute Gasteiger partial charge is 0.250 e. The summed E-state index contributed by atoms with van der Waals surface area (Å²) in [4.78, 5) is 0. The van der Waals surface area contributed by atoms with Crippen LogP contribution < -0.4 is 9.16 Å². The van der Waals surface area contributed by atoms with Crippen molar-refractivity contribution in [2.75, 3.05) is 7.11 Å². The van der Waals surface area contributed by atoms with Gasteiger partial charge in [-0.1, -0.05) is 25.9 Å². The first-order valence-electron chi connectivity index (χ1n) is 6.26. The third-order valence-corrected chi connectivity index (χ3v) is 7.91. The van der Waals surface area contributed by atoms with Gasteiger partial charge in [0.25, 0.3) is 8.32 Å². The van der Waals surface area contributed by atoms with Gasteiger partial charge in [0.15, 0.2) is 5.75 Å². The van der Waals surface area contributed by atoms with Crippen molar-refractivity contribution in [1.29, 1.82) is 0 Å². The minimum Gasteiger partial charge on any atom is -0.541 e. The predicted octanol–water partition coefficient (Wildman–Crippen LogP) is 3.89. The molecule has 0 aliphatic rings. The summed E-state index contributed by atoms with van der Waals surface area (Å²) in [5.41, 5.74) is 0.775. The molecule has 0 bridgehead atoms. The highest BCUT2D eigenvalue weighted by Gasteiger charge is 2.39. The molecule has 4 nitrogen and oxygen atoms in total. The van der Waals surface area contributed by atoms with Gasteiger partial charge in [-0.3, -0.25) is 0 Å². The second-order valence-electron chi connectivity index (χ2n) is 6.02. The maximum atomic E-state index is 8.60. The molecule has 0 radical (unpaired) electrons. The van der Waals surface area contributed by atoms with E-state index < -0.39 is 8.32 Å². The maximum absolute atomic E-state index is 8.60. The highest BCUT2D eigenvalue weighted by atomic mass is 28.4. The van der Waals surface area contributed by atoms with Crippen LogP contribution in [-0.2, 0) is 0 Å². The second kappa shape index (κ2) is 5.65. The SMILES string of the molecule is COc1ccc(C=NO)cc1O[Si](C)(C)C(C)(C)C. The van der Waals surface area contributed by atoms with Gasteiger partial charge in [-0.15, -0.1) is 0 Å².